The number of benzene rings is 1. The minimum absolute atomic E-state index is 0.293. The molecule has 1 aromatic heterocycles. The van der Waals surface area contributed by atoms with Crippen LogP contribution in [-0.4, -0.2) is 12.1 Å². The summed E-state index contributed by atoms with van der Waals surface area (Å²) in [5, 5.41) is 12.3. The number of anilines is 1. The molecule has 1 aromatic carbocycles. The van der Waals surface area contributed by atoms with Crippen LogP contribution in [0.3, 0.4) is 0 Å². The minimum atomic E-state index is 0.293. The summed E-state index contributed by atoms with van der Waals surface area (Å²) in [6.07, 6.45) is 0. The van der Waals surface area contributed by atoms with Crippen molar-refractivity contribution in [2.45, 2.75) is 6.54 Å². The second kappa shape index (κ2) is 6.07. The predicted molar refractivity (Wildman–Crippen MR) is 74.3 cm³/mol. The Morgan fingerprint density at radius 3 is 2.89 bits per heavy atom. The van der Waals surface area contributed by atoms with Crippen LogP contribution in [0, 0.1) is 11.3 Å². The quantitative estimate of drug-likeness (QED) is 0.869. The van der Waals surface area contributed by atoms with Gasteiger partial charge in [-0.1, -0.05) is 29.8 Å². The lowest BCUT2D eigenvalue weighted by atomic mass is 10.2. The maximum Gasteiger partial charge on any atom is 0.132 e. The van der Waals surface area contributed by atoms with Crippen molar-refractivity contribution in [3.8, 4) is 11.8 Å². The Morgan fingerprint density at radius 2 is 2.16 bits per heavy atom. The van der Waals surface area contributed by atoms with E-state index in [-0.39, 0.29) is 0 Å². The number of halogens is 1. The monoisotopic (exact) mass is 273 g/mol. The molecular formula is C14H12ClN3O. The van der Waals surface area contributed by atoms with Crippen LogP contribution in [0.15, 0.2) is 36.4 Å². The summed E-state index contributed by atoms with van der Waals surface area (Å²) >= 11 is 5.84. The number of methoxy groups -OCH3 is 1. The molecule has 0 aliphatic rings. The average Bonchev–Trinajstić information content (AvgIpc) is 2.44. The molecule has 0 saturated carbocycles. The molecule has 0 aliphatic heterocycles. The molecule has 4 nitrogen and oxygen atoms in total. The highest BCUT2D eigenvalue weighted by molar-refractivity contribution is 6.29. The van der Waals surface area contributed by atoms with Crippen LogP contribution in [-0.2, 0) is 6.54 Å². The van der Waals surface area contributed by atoms with E-state index in [4.69, 9.17) is 21.6 Å². The van der Waals surface area contributed by atoms with Gasteiger partial charge in [-0.15, -0.1) is 0 Å². The van der Waals surface area contributed by atoms with Crippen LogP contribution in [0.5, 0.6) is 5.75 Å². The van der Waals surface area contributed by atoms with Crippen LogP contribution >= 0.6 is 11.6 Å². The molecule has 0 fully saturated rings. The Balaban J connectivity index is 2.15. The number of hydrogen-bond acceptors (Lipinski definition) is 4. The Bertz CT molecular complexity index is 622. The van der Waals surface area contributed by atoms with Gasteiger partial charge in [-0.2, -0.15) is 5.26 Å². The topological polar surface area (TPSA) is 57.9 Å². The number of pyridine rings is 1. The maximum absolute atomic E-state index is 8.87. The molecular weight excluding hydrogens is 262 g/mol. The zero-order valence-electron chi connectivity index (χ0n) is 10.4. The molecule has 2 aromatic rings. The molecule has 1 heterocycles. The largest absolute Gasteiger partial charge is 0.496 e. The van der Waals surface area contributed by atoms with E-state index < -0.39 is 0 Å². The smallest absolute Gasteiger partial charge is 0.132 e. The molecule has 0 unspecified atom stereocenters. The zero-order chi connectivity index (χ0) is 13.7. The van der Waals surface area contributed by atoms with Gasteiger partial charge in [-0.05, 0) is 18.2 Å². The van der Waals surface area contributed by atoms with E-state index in [0.29, 0.717) is 23.1 Å². The molecule has 96 valence electrons. The number of aromatic nitrogens is 1. The molecule has 0 spiro atoms. The van der Waals surface area contributed by atoms with Gasteiger partial charge in [0.1, 0.15) is 16.7 Å². The van der Waals surface area contributed by atoms with Crippen LogP contribution in [0.25, 0.3) is 0 Å². The van der Waals surface area contributed by atoms with Gasteiger partial charge in [-0.3, -0.25) is 0 Å². The Kier molecular flexibility index (Phi) is 4.22. The number of nitrogens with one attached hydrogen (secondary N) is 1. The van der Waals surface area contributed by atoms with Gasteiger partial charge in [0.15, 0.2) is 0 Å². The fourth-order valence-corrected chi connectivity index (χ4v) is 1.90. The number of nitrogens with zero attached hydrogens (tertiary/aromatic N) is 2. The standard InChI is InChI=1S/C14H12ClN3O/c1-19-12-5-3-2-4-11(12)9-17-14-7-10(8-16)6-13(15)18-14/h2-7H,9H2,1H3,(H,17,18). The fourth-order valence-electron chi connectivity index (χ4n) is 1.69. The second-order valence-electron chi connectivity index (χ2n) is 3.84. The molecule has 0 amide bonds. The van der Waals surface area contributed by atoms with E-state index in [1.807, 2.05) is 30.3 Å². The summed E-state index contributed by atoms with van der Waals surface area (Å²) in [4.78, 5) is 4.11. The molecule has 2 rings (SSSR count). The molecule has 5 heteroatoms. The van der Waals surface area contributed by atoms with E-state index in [9.17, 15) is 0 Å². The summed E-state index contributed by atoms with van der Waals surface area (Å²) in [5.41, 5.74) is 1.48. The van der Waals surface area contributed by atoms with E-state index in [1.54, 1.807) is 13.2 Å². The van der Waals surface area contributed by atoms with Crippen molar-refractivity contribution in [1.82, 2.24) is 4.98 Å². The highest BCUT2D eigenvalue weighted by atomic mass is 35.5. The molecule has 0 radical (unpaired) electrons. The molecule has 1 N–H and O–H groups in total. The fraction of sp³-hybridized carbons (Fsp3) is 0.143. The third-order valence-electron chi connectivity index (χ3n) is 2.58. The van der Waals surface area contributed by atoms with Crippen molar-refractivity contribution >= 4 is 17.4 Å². The average molecular weight is 274 g/mol. The third kappa shape index (κ3) is 3.36. The van der Waals surface area contributed by atoms with Crippen molar-refractivity contribution < 1.29 is 4.74 Å². The highest BCUT2D eigenvalue weighted by Crippen LogP contribution is 2.19. The van der Waals surface area contributed by atoms with Gasteiger partial charge in [0.05, 0.1) is 18.7 Å². The Morgan fingerprint density at radius 1 is 1.37 bits per heavy atom. The number of ether oxygens (including phenoxy) is 1. The first-order valence-electron chi connectivity index (χ1n) is 5.66. The minimum Gasteiger partial charge on any atom is -0.496 e. The first-order valence-corrected chi connectivity index (χ1v) is 6.04. The summed E-state index contributed by atoms with van der Waals surface area (Å²) in [5.74, 6) is 1.37. The lowest BCUT2D eigenvalue weighted by Crippen LogP contribution is -2.03. The lowest BCUT2D eigenvalue weighted by molar-refractivity contribution is 0.410. The number of nitriles is 1. The molecule has 0 atom stereocenters. The van der Waals surface area contributed by atoms with Gasteiger partial charge in [0, 0.05) is 12.1 Å². The first-order chi connectivity index (χ1) is 9.22. The van der Waals surface area contributed by atoms with Gasteiger partial charge in [0.25, 0.3) is 0 Å². The number of para-hydroxylation sites is 1. The second-order valence-corrected chi connectivity index (χ2v) is 4.23. The maximum atomic E-state index is 8.87. The number of rotatable bonds is 4. The normalized spacial score (nSPS) is 9.74. The van der Waals surface area contributed by atoms with E-state index in [0.717, 1.165) is 11.3 Å². The molecule has 0 saturated heterocycles. The van der Waals surface area contributed by atoms with Crippen molar-refractivity contribution in [2.24, 2.45) is 0 Å². The van der Waals surface area contributed by atoms with Gasteiger partial charge < -0.3 is 10.1 Å². The van der Waals surface area contributed by atoms with Crippen LogP contribution in [0.1, 0.15) is 11.1 Å². The third-order valence-corrected chi connectivity index (χ3v) is 2.77. The first kappa shape index (κ1) is 13.2. The molecule has 19 heavy (non-hydrogen) atoms. The predicted octanol–water partition coefficient (Wildman–Crippen LogP) is 3.23. The summed E-state index contributed by atoms with van der Waals surface area (Å²) < 4.78 is 5.26. The highest BCUT2D eigenvalue weighted by Gasteiger charge is 2.04. The van der Waals surface area contributed by atoms with E-state index >= 15 is 0 Å². The lowest BCUT2D eigenvalue weighted by Gasteiger charge is -2.10. The Labute approximate surface area is 116 Å². The van der Waals surface area contributed by atoms with Crippen molar-refractivity contribution in [2.75, 3.05) is 12.4 Å². The van der Waals surface area contributed by atoms with E-state index in [2.05, 4.69) is 10.3 Å². The summed E-state index contributed by atoms with van der Waals surface area (Å²) in [7, 11) is 1.63. The van der Waals surface area contributed by atoms with E-state index in [1.165, 1.54) is 6.07 Å². The zero-order valence-corrected chi connectivity index (χ0v) is 11.1. The van der Waals surface area contributed by atoms with Crippen LogP contribution < -0.4 is 10.1 Å². The summed E-state index contributed by atoms with van der Waals surface area (Å²) in [6.45, 7) is 0.544. The van der Waals surface area contributed by atoms with Crippen molar-refractivity contribution in [3.05, 3.63) is 52.7 Å². The van der Waals surface area contributed by atoms with Crippen molar-refractivity contribution in [3.63, 3.8) is 0 Å². The van der Waals surface area contributed by atoms with Crippen LogP contribution in [0.2, 0.25) is 5.15 Å². The SMILES string of the molecule is COc1ccccc1CNc1cc(C#N)cc(Cl)n1. The van der Waals surface area contributed by atoms with Crippen LogP contribution in [0.4, 0.5) is 5.82 Å². The molecule has 0 bridgehead atoms. The molecule has 0 aliphatic carbocycles. The van der Waals surface area contributed by atoms with Gasteiger partial charge in [-0.25, -0.2) is 4.98 Å². The summed E-state index contributed by atoms with van der Waals surface area (Å²) in [6, 6.07) is 12.9. The van der Waals surface area contributed by atoms with Gasteiger partial charge in [0.2, 0.25) is 0 Å². The van der Waals surface area contributed by atoms with Crippen molar-refractivity contribution in [1.29, 1.82) is 5.26 Å². The number of hydrogen-bond donors (Lipinski definition) is 1. The van der Waals surface area contributed by atoms with Gasteiger partial charge >= 0.3 is 0 Å². The Hall–Kier alpha value is -2.25.